The van der Waals surface area contributed by atoms with E-state index in [0.717, 1.165) is 0 Å². The molecule has 7 heteroatoms. The number of ether oxygens (including phenoxy) is 2. The van der Waals surface area contributed by atoms with Gasteiger partial charge in [0.15, 0.2) is 11.5 Å². The van der Waals surface area contributed by atoms with Crippen LogP contribution in [-0.4, -0.2) is 24.7 Å². The lowest BCUT2D eigenvalue weighted by atomic mass is 10.1. The van der Waals surface area contributed by atoms with Gasteiger partial charge in [-0.05, 0) is 48.9 Å². The molecule has 0 atom stereocenters. The number of nitrogens with one attached hydrogen (secondary N) is 1. The highest BCUT2D eigenvalue weighted by Crippen LogP contribution is 2.29. The summed E-state index contributed by atoms with van der Waals surface area (Å²) in [6.07, 6.45) is 1.41. The number of nitriles is 1. The molecule has 2 aromatic rings. The number of rotatable bonds is 6. The van der Waals surface area contributed by atoms with Gasteiger partial charge in [-0.25, -0.2) is 0 Å². The molecule has 0 bridgehead atoms. The van der Waals surface area contributed by atoms with Gasteiger partial charge in [0.1, 0.15) is 17.4 Å². The number of anilines is 1. The molecule has 6 nitrogen and oxygen atoms in total. The van der Waals surface area contributed by atoms with Crippen LogP contribution in [0.15, 0.2) is 42.0 Å². The molecule has 2 rings (SSSR count). The van der Waals surface area contributed by atoms with Crippen LogP contribution in [0.5, 0.6) is 17.2 Å². The number of methoxy groups -OCH3 is 1. The Balaban J connectivity index is 2.23. The summed E-state index contributed by atoms with van der Waals surface area (Å²) in [5.41, 5.74) is 0.874. The highest BCUT2D eigenvalue weighted by atomic mass is 35.5. The molecule has 0 heterocycles. The van der Waals surface area contributed by atoms with Crippen molar-refractivity contribution in [2.24, 2.45) is 0 Å². The van der Waals surface area contributed by atoms with Gasteiger partial charge >= 0.3 is 0 Å². The van der Waals surface area contributed by atoms with Crippen molar-refractivity contribution in [1.29, 1.82) is 5.26 Å². The van der Waals surface area contributed by atoms with Crippen LogP contribution in [0.3, 0.4) is 0 Å². The van der Waals surface area contributed by atoms with Crippen molar-refractivity contribution in [1.82, 2.24) is 0 Å². The number of carbonyl (C=O) groups is 1. The molecule has 0 aliphatic heterocycles. The number of aromatic hydroxyl groups is 1. The molecule has 0 fully saturated rings. The van der Waals surface area contributed by atoms with Crippen LogP contribution in [0, 0.1) is 11.3 Å². The van der Waals surface area contributed by atoms with Crippen LogP contribution >= 0.6 is 11.6 Å². The zero-order valence-electron chi connectivity index (χ0n) is 14.2. The molecule has 0 saturated heterocycles. The van der Waals surface area contributed by atoms with E-state index in [2.05, 4.69) is 5.32 Å². The molecule has 26 heavy (non-hydrogen) atoms. The fourth-order valence-electron chi connectivity index (χ4n) is 2.15. The molecule has 0 saturated carbocycles. The van der Waals surface area contributed by atoms with Crippen molar-refractivity contribution in [3.05, 3.63) is 52.6 Å². The Bertz CT molecular complexity index is 888. The van der Waals surface area contributed by atoms with Gasteiger partial charge in [-0.3, -0.25) is 4.79 Å². The number of halogens is 1. The number of hydrogen-bond acceptors (Lipinski definition) is 5. The zero-order chi connectivity index (χ0) is 19.1. The summed E-state index contributed by atoms with van der Waals surface area (Å²) >= 11 is 6.02. The Labute approximate surface area is 156 Å². The topological polar surface area (TPSA) is 91.6 Å². The molecule has 0 radical (unpaired) electrons. The fourth-order valence-corrected chi connectivity index (χ4v) is 2.41. The SMILES string of the molecule is CCOc1cc(/C=C(\C#N)C(=O)Nc2ccc(OC)c(Cl)c2)ccc1O. The summed E-state index contributed by atoms with van der Waals surface area (Å²) in [5.74, 6) is 0.161. The molecule has 0 aliphatic carbocycles. The van der Waals surface area contributed by atoms with E-state index in [4.69, 9.17) is 21.1 Å². The number of benzene rings is 2. The third-order valence-corrected chi connectivity index (χ3v) is 3.66. The molecule has 134 valence electrons. The van der Waals surface area contributed by atoms with E-state index in [-0.39, 0.29) is 17.1 Å². The summed E-state index contributed by atoms with van der Waals surface area (Å²) in [6.45, 7) is 2.17. The number of amides is 1. The van der Waals surface area contributed by atoms with E-state index in [1.165, 1.54) is 25.3 Å². The maximum atomic E-state index is 12.3. The van der Waals surface area contributed by atoms with Crippen molar-refractivity contribution in [2.75, 3.05) is 19.0 Å². The van der Waals surface area contributed by atoms with Gasteiger partial charge in [0.2, 0.25) is 0 Å². The van der Waals surface area contributed by atoms with E-state index in [1.54, 1.807) is 31.2 Å². The zero-order valence-corrected chi connectivity index (χ0v) is 15.0. The van der Waals surface area contributed by atoms with E-state index in [0.29, 0.717) is 28.6 Å². The number of hydrogen-bond donors (Lipinski definition) is 2. The second kappa shape index (κ2) is 8.79. The molecule has 0 spiro atoms. The van der Waals surface area contributed by atoms with Crippen LogP contribution in [0.1, 0.15) is 12.5 Å². The Hall–Kier alpha value is -3.17. The molecule has 2 aromatic carbocycles. The van der Waals surface area contributed by atoms with Gasteiger partial charge in [-0.1, -0.05) is 17.7 Å². The monoisotopic (exact) mass is 372 g/mol. The van der Waals surface area contributed by atoms with Gasteiger partial charge in [-0.2, -0.15) is 5.26 Å². The maximum Gasteiger partial charge on any atom is 0.266 e. The minimum atomic E-state index is -0.584. The molecule has 1 amide bonds. The smallest absolute Gasteiger partial charge is 0.266 e. The van der Waals surface area contributed by atoms with Gasteiger partial charge in [0, 0.05) is 5.69 Å². The molecule has 2 N–H and O–H groups in total. The van der Waals surface area contributed by atoms with E-state index >= 15 is 0 Å². The normalized spacial score (nSPS) is 10.8. The largest absolute Gasteiger partial charge is 0.504 e. The van der Waals surface area contributed by atoms with Crippen molar-refractivity contribution in [2.45, 2.75) is 6.92 Å². The van der Waals surface area contributed by atoms with E-state index < -0.39 is 5.91 Å². The van der Waals surface area contributed by atoms with Gasteiger partial charge < -0.3 is 19.9 Å². The number of nitrogens with zero attached hydrogens (tertiary/aromatic N) is 1. The predicted molar refractivity (Wildman–Crippen MR) is 99.5 cm³/mol. The molecular weight excluding hydrogens is 356 g/mol. The average molecular weight is 373 g/mol. The Morgan fingerprint density at radius 2 is 2.08 bits per heavy atom. The van der Waals surface area contributed by atoms with Crippen LogP contribution in [0.2, 0.25) is 5.02 Å². The van der Waals surface area contributed by atoms with Gasteiger partial charge in [0.25, 0.3) is 5.91 Å². The Morgan fingerprint density at radius 1 is 1.31 bits per heavy atom. The predicted octanol–water partition coefficient (Wildman–Crippen LogP) is 4.00. The van der Waals surface area contributed by atoms with Crippen molar-refractivity contribution in [3.63, 3.8) is 0 Å². The first kappa shape index (κ1) is 19.2. The minimum absolute atomic E-state index is 0.0140. The van der Waals surface area contributed by atoms with Crippen molar-refractivity contribution >= 4 is 29.3 Å². The second-order valence-electron chi connectivity index (χ2n) is 5.13. The standard InChI is InChI=1S/C19H17ClN2O4/c1-3-26-18-9-12(4-6-16(18)23)8-13(11-21)19(24)22-14-5-7-17(25-2)15(20)10-14/h4-10,23H,3H2,1-2H3,(H,22,24)/b13-8+. The van der Waals surface area contributed by atoms with Crippen LogP contribution < -0.4 is 14.8 Å². The second-order valence-corrected chi connectivity index (χ2v) is 5.54. The quantitative estimate of drug-likeness (QED) is 0.590. The van der Waals surface area contributed by atoms with E-state index in [1.807, 2.05) is 6.07 Å². The molecule has 0 aromatic heterocycles. The lowest BCUT2D eigenvalue weighted by molar-refractivity contribution is -0.112. The van der Waals surface area contributed by atoms with Crippen LogP contribution in [-0.2, 0) is 4.79 Å². The Kier molecular flexibility index (Phi) is 6.48. The summed E-state index contributed by atoms with van der Waals surface area (Å²) < 4.78 is 10.3. The average Bonchev–Trinajstić information content (AvgIpc) is 2.62. The highest BCUT2D eigenvalue weighted by molar-refractivity contribution is 6.32. The molecule has 0 aliphatic rings. The fraction of sp³-hybridized carbons (Fsp3) is 0.158. The number of phenolic OH excluding ortho intramolecular Hbond substituents is 1. The van der Waals surface area contributed by atoms with Crippen LogP contribution in [0.4, 0.5) is 5.69 Å². The summed E-state index contributed by atoms with van der Waals surface area (Å²) in [5, 5.41) is 22.0. The summed E-state index contributed by atoms with van der Waals surface area (Å²) in [4.78, 5) is 12.3. The first-order valence-corrected chi connectivity index (χ1v) is 8.08. The first-order valence-electron chi connectivity index (χ1n) is 7.71. The van der Waals surface area contributed by atoms with Crippen molar-refractivity contribution in [3.8, 4) is 23.3 Å². The lowest BCUT2D eigenvalue weighted by Gasteiger charge is -2.08. The molecular formula is C19H17ClN2O4. The van der Waals surface area contributed by atoms with Gasteiger partial charge in [-0.15, -0.1) is 0 Å². The third-order valence-electron chi connectivity index (χ3n) is 3.37. The first-order chi connectivity index (χ1) is 12.5. The summed E-state index contributed by atoms with van der Waals surface area (Å²) in [7, 11) is 1.49. The highest BCUT2D eigenvalue weighted by Gasteiger charge is 2.12. The number of phenols is 1. The minimum Gasteiger partial charge on any atom is -0.504 e. The Morgan fingerprint density at radius 3 is 2.69 bits per heavy atom. The van der Waals surface area contributed by atoms with Crippen LogP contribution in [0.25, 0.3) is 6.08 Å². The maximum absolute atomic E-state index is 12.3. The number of carbonyl (C=O) groups excluding carboxylic acids is 1. The van der Waals surface area contributed by atoms with E-state index in [9.17, 15) is 15.2 Å². The van der Waals surface area contributed by atoms with Crippen molar-refractivity contribution < 1.29 is 19.4 Å². The molecule has 0 unspecified atom stereocenters. The summed E-state index contributed by atoms with van der Waals surface area (Å²) in [6, 6.07) is 11.2. The lowest BCUT2D eigenvalue weighted by Crippen LogP contribution is -2.13. The third kappa shape index (κ3) is 4.68. The van der Waals surface area contributed by atoms with Gasteiger partial charge in [0.05, 0.1) is 18.7 Å².